The molecule has 0 aromatic heterocycles. The molecule has 0 aliphatic heterocycles. The van der Waals surface area contributed by atoms with Crippen LogP contribution in [-0.4, -0.2) is 24.5 Å². The number of aryl methyl sites for hydroxylation is 1. The second-order valence-corrected chi connectivity index (χ2v) is 7.32. The smallest absolute Gasteiger partial charge is 0.258 e. The van der Waals surface area contributed by atoms with Gasteiger partial charge >= 0.3 is 0 Å². The third-order valence-corrected chi connectivity index (χ3v) is 4.77. The van der Waals surface area contributed by atoms with Gasteiger partial charge in [-0.05, 0) is 49.9 Å². The highest BCUT2D eigenvalue weighted by Gasteiger charge is 2.23. The Bertz CT molecular complexity index is 820. The number of nitrogens with one attached hydrogen (secondary N) is 2. The lowest BCUT2D eigenvalue weighted by molar-refractivity contribution is -0.124. The summed E-state index contributed by atoms with van der Waals surface area (Å²) in [5.41, 5.74) is 8.91. The van der Waals surface area contributed by atoms with E-state index in [9.17, 15) is 9.59 Å². The first-order chi connectivity index (χ1) is 13.4. The van der Waals surface area contributed by atoms with Crippen LogP contribution < -0.4 is 21.1 Å². The van der Waals surface area contributed by atoms with Gasteiger partial charge in [-0.1, -0.05) is 42.0 Å². The van der Waals surface area contributed by atoms with Gasteiger partial charge in [-0.25, -0.2) is 0 Å². The molecular weight excluding hydrogens is 390 g/mol. The maximum Gasteiger partial charge on any atom is 0.258 e. The Balaban J connectivity index is 0.00000300. The van der Waals surface area contributed by atoms with Gasteiger partial charge in [-0.15, -0.1) is 12.4 Å². The minimum absolute atomic E-state index is 0. The summed E-state index contributed by atoms with van der Waals surface area (Å²) in [6, 6.07) is 14.4. The molecule has 0 spiro atoms. The molecule has 6 nitrogen and oxygen atoms in total. The highest BCUT2D eigenvalue weighted by Crippen LogP contribution is 2.20. The van der Waals surface area contributed by atoms with Gasteiger partial charge in [0, 0.05) is 6.04 Å². The number of ether oxygens (including phenoxy) is 1. The maximum atomic E-state index is 12.4. The summed E-state index contributed by atoms with van der Waals surface area (Å²) in [5.74, 6) is 0.287. The Morgan fingerprint density at radius 1 is 1.07 bits per heavy atom. The van der Waals surface area contributed by atoms with Gasteiger partial charge in [0.25, 0.3) is 5.91 Å². The van der Waals surface area contributed by atoms with Crippen LogP contribution in [0.2, 0.25) is 0 Å². The Kier molecular flexibility index (Phi) is 8.05. The number of amides is 2. The number of carbonyl (C=O) groups excluding carboxylic acids is 2. The predicted octanol–water partition coefficient (Wildman–Crippen LogP) is 2.95. The van der Waals surface area contributed by atoms with E-state index in [4.69, 9.17) is 10.5 Å². The van der Waals surface area contributed by atoms with Gasteiger partial charge in [0.2, 0.25) is 5.91 Å². The van der Waals surface area contributed by atoms with E-state index in [-0.39, 0.29) is 36.9 Å². The van der Waals surface area contributed by atoms with Crippen molar-refractivity contribution in [1.82, 2.24) is 10.6 Å². The molecule has 156 valence electrons. The van der Waals surface area contributed by atoms with Crippen LogP contribution in [0.25, 0.3) is 0 Å². The lowest BCUT2D eigenvalue weighted by atomic mass is 10.0. The summed E-state index contributed by atoms with van der Waals surface area (Å²) in [5, 5.41) is 5.82. The first-order valence-electron chi connectivity index (χ1n) is 9.57. The summed E-state index contributed by atoms with van der Waals surface area (Å²) in [6.45, 7) is 3.90. The molecule has 1 aliphatic carbocycles. The largest absolute Gasteiger partial charge is 0.484 e. The second kappa shape index (κ2) is 10.3. The lowest BCUT2D eigenvalue weighted by Gasteiger charge is -2.18. The summed E-state index contributed by atoms with van der Waals surface area (Å²) >= 11 is 0. The maximum absolute atomic E-state index is 12.4. The zero-order chi connectivity index (χ0) is 20.1. The first kappa shape index (κ1) is 22.7. The molecule has 1 aliphatic rings. The van der Waals surface area contributed by atoms with Crippen LogP contribution in [0.1, 0.15) is 48.5 Å². The van der Waals surface area contributed by atoms with Gasteiger partial charge in [-0.2, -0.15) is 0 Å². The van der Waals surface area contributed by atoms with Gasteiger partial charge < -0.3 is 21.1 Å². The fourth-order valence-electron chi connectivity index (χ4n) is 2.81. The second-order valence-electron chi connectivity index (χ2n) is 7.32. The molecule has 0 radical (unpaired) electrons. The Labute approximate surface area is 177 Å². The molecule has 1 fully saturated rings. The van der Waals surface area contributed by atoms with Crippen LogP contribution in [0, 0.1) is 6.92 Å². The van der Waals surface area contributed by atoms with Crippen molar-refractivity contribution in [3.63, 3.8) is 0 Å². The molecule has 0 bridgehead atoms. The Hall–Kier alpha value is -2.57. The van der Waals surface area contributed by atoms with Crippen molar-refractivity contribution in [2.45, 2.75) is 44.8 Å². The minimum Gasteiger partial charge on any atom is -0.484 e. The molecule has 4 N–H and O–H groups in total. The summed E-state index contributed by atoms with van der Waals surface area (Å²) in [7, 11) is 0. The molecule has 2 amide bonds. The first-order valence-corrected chi connectivity index (χ1v) is 9.57. The predicted molar refractivity (Wildman–Crippen MR) is 115 cm³/mol. The monoisotopic (exact) mass is 417 g/mol. The van der Waals surface area contributed by atoms with Crippen molar-refractivity contribution in [1.29, 1.82) is 0 Å². The molecule has 2 aromatic carbocycles. The van der Waals surface area contributed by atoms with Crippen molar-refractivity contribution in [3.8, 4) is 5.75 Å². The average Bonchev–Trinajstić information content (AvgIpc) is 3.50. The van der Waals surface area contributed by atoms with Crippen LogP contribution in [0.3, 0.4) is 0 Å². The third-order valence-electron chi connectivity index (χ3n) is 4.77. The zero-order valence-electron chi connectivity index (χ0n) is 16.7. The molecule has 1 saturated carbocycles. The average molecular weight is 418 g/mol. The van der Waals surface area contributed by atoms with Crippen LogP contribution in [0.4, 0.5) is 0 Å². The lowest BCUT2D eigenvalue weighted by Crippen LogP contribution is -2.35. The molecule has 0 saturated heterocycles. The molecule has 3 rings (SSSR count). The van der Waals surface area contributed by atoms with E-state index in [0.29, 0.717) is 11.8 Å². The van der Waals surface area contributed by atoms with Crippen molar-refractivity contribution in [3.05, 3.63) is 65.2 Å². The zero-order valence-corrected chi connectivity index (χ0v) is 17.5. The van der Waals surface area contributed by atoms with Gasteiger partial charge in [0.05, 0.1) is 6.04 Å². The molecule has 2 atom stereocenters. The van der Waals surface area contributed by atoms with Gasteiger partial charge in [0.15, 0.2) is 6.61 Å². The topological polar surface area (TPSA) is 93.5 Å². The number of rotatable bonds is 8. The minimum atomic E-state index is -0.712. The fraction of sp³-hybridized carbons (Fsp3) is 0.364. The summed E-state index contributed by atoms with van der Waals surface area (Å²) < 4.78 is 5.50. The summed E-state index contributed by atoms with van der Waals surface area (Å²) in [6.07, 6.45) is 2.11. The van der Waals surface area contributed by atoms with Crippen LogP contribution in [-0.2, 0) is 9.59 Å². The molecule has 2 unspecified atom stereocenters. The van der Waals surface area contributed by atoms with Crippen LogP contribution in [0.15, 0.2) is 48.5 Å². The highest BCUT2D eigenvalue weighted by atomic mass is 35.5. The van der Waals surface area contributed by atoms with E-state index < -0.39 is 6.04 Å². The molecule has 7 heteroatoms. The Morgan fingerprint density at radius 2 is 1.66 bits per heavy atom. The van der Waals surface area contributed by atoms with Crippen molar-refractivity contribution >= 4 is 24.2 Å². The van der Waals surface area contributed by atoms with Gasteiger partial charge in [0.1, 0.15) is 11.8 Å². The fourth-order valence-corrected chi connectivity index (χ4v) is 2.81. The standard InChI is InChI=1S/C22H27N3O3.ClH/c1-14-3-5-17(6-4-14)21(23)22(27)24-15(2)16-7-11-19(12-8-16)28-13-20(26)25-18-9-10-18;/h3-8,11-12,15,18,21H,9-10,13,23H2,1-2H3,(H,24,27)(H,25,26);1H. The number of carbonyl (C=O) groups is 2. The molecule has 0 heterocycles. The molecule has 2 aromatic rings. The van der Waals surface area contributed by atoms with E-state index in [0.717, 1.165) is 29.5 Å². The quantitative estimate of drug-likeness (QED) is 0.615. The van der Waals surface area contributed by atoms with Crippen molar-refractivity contribution in [2.24, 2.45) is 5.73 Å². The molecular formula is C22H28ClN3O3. The SMILES string of the molecule is Cc1ccc(C(N)C(=O)NC(C)c2ccc(OCC(=O)NC3CC3)cc2)cc1.Cl. The number of benzene rings is 2. The number of nitrogens with two attached hydrogens (primary N) is 1. The van der Waals surface area contributed by atoms with Crippen molar-refractivity contribution < 1.29 is 14.3 Å². The van der Waals surface area contributed by atoms with E-state index in [1.807, 2.05) is 50.2 Å². The molecule has 29 heavy (non-hydrogen) atoms. The van der Waals surface area contributed by atoms with Gasteiger partial charge in [-0.3, -0.25) is 9.59 Å². The van der Waals surface area contributed by atoms with E-state index >= 15 is 0 Å². The van der Waals surface area contributed by atoms with E-state index in [1.165, 1.54) is 0 Å². The Morgan fingerprint density at radius 3 is 2.24 bits per heavy atom. The normalized spacial score (nSPS) is 14.9. The van der Waals surface area contributed by atoms with E-state index in [1.54, 1.807) is 12.1 Å². The van der Waals surface area contributed by atoms with E-state index in [2.05, 4.69) is 10.6 Å². The number of hydrogen-bond acceptors (Lipinski definition) is 4. The third kappa shape index (κ3) is 6.76. The van der Waals surface area contributed by atoms with Crippen molar-refractivity contribution in [2.75, 3.05) is 6.61 Å². The number of halogens is 1. The highest BCUT2D eigenvalue weighted by molar-refractivity contribution is 5.85. The van der Waals surface area contributed by atoms with Crippen LogP contribution >= 0.6 is 12.4 Å². The number of hydrogen-bond donors (Lipinski definition) is 3. The van der Waals surface area contributed by atoms with Crippen LogP contribution in [0.5, 0.6) is 5.75 Å². The summed E-state index contributed by atoms with van der Waals surface area (Å²) in [4.78, 5) is 24.1.